The topological polar surface area (TPSA) is 57.9 Å². The number of ether oxygens (including phenoxy) is 3. The quantitative estimate of drug-likeness (QED) is 0.314. The number of hydrogen-bond acceptors (Lipinski definition) is 5. The Labute approximate surface area is 195 Å². The molecule has 0 spiro atoms. The molecule has 0 fully saturated rings. The van der Waals surface area contributed by atoms with Gasteiger partial charge in [0.15, 0.2) is 11.5 Å². The molecule has 0 N–H and O–H groups in total. The Bertz CT molecular complexity index is 1340. The van der Waals surface area contributed by atoms with E-state index >= 15 is 0 Å². The Hall–Kier alpha value is -3.15. The van der Waals surface area contributed by atoms with Gasteiger partial charge in [-0.15, -0.1) is 0 Å². The zero-order chi connectivity index (χ0) is 22.8. The van der Waals surface area contributed by atoms with E-state index in [1.54, 1.807) is 75.7 Å². The highest BCUT2D eigenvalue weighted by atomic mass is 35.5. The van der Waals surface area contributed by atoms with Gasteiger partial charge in [0.2, 0.25) is 5.43 Å². The number of halogens is 2. The molecule has 0 unspecified atom stereocenters. The van der Waals surface area contributed by atoms with Gasteiger partial charge in [0, 0.05) is 21.7 Å². The number of hydrogen-bond donors (Lipinski definition) is 0. The molecule has 0 saturated heterocycles. The summed E-state index contributed by atoms with van der Waals surface area (Å²) in [4.78, 5) is 13.3. The molecule has 1 heterocycles. The fourth-order valence-electron chi connectivity index (χ4n) is 3.53. The summed E-state index contributed by atoms with van der Waals surface area (Å²) >= 11 is 12.4. The van der Waals surface area contributed by atoms with Gasteiger partial charge in [0.25, 0.3) is 0 Å². The van der Waals surface area contributed by atoms with Crippen molar-refractivity contribution in [2.75, 3.05) is 14.2 Å². The molecule has 4 rings (SSSR count). The van der Waals surface area contributed by atoms with E-state index in [1.165, 1.54) is 0 Å². The minimum absolute atomic E-state index is 0.142. The van der Waals surface area contributed by atoms with E-state index < -0.39 is 0 Å². The number of benzene rings is 3. The van der Waals surface area contributed by atoms with Crippen LogP contribution in [0.1, 0.15) is 11.3 Å². The minimum Gasteiger partial charge on any atom is -0.493 e. The molecule has 4 aromatic rings. The lowest BCUT2D eigenvalue weighted by Crippen LogP contribution is -2.08. The summed E-state index contributed by atoms with van der Waals surface area (Å²) in [5.41, 5.74) is 2.13. The van der Waals surface area contributed by atoms with Crippen LogP contribution < -0.4 is 19.6 Å². The third-order valence-electron chi connectivity index (χ3n) is 5.16. The van der Waals surface area contributed by atoms with Crippen LogP contribution in [0.5, 0.6) is 17.2 Å². The highest BCUT2D eigenvalue weighted by molar-refractivity contribution is 6.35. The maximum atomic E-state index is 13.3. The van der Waals surface area contributed by atoms with Crippen LogP contribution in [-0.2, 0) is 6.61 Å². The molecule has 0 aliphatic rings. The summed E-state index contributed by atoms with van der Waals surface area (Å²) in [5.74, 6) is 2.14. The number of methoxy groups -OCH3 is 2. The molecule has 0 saturated carbocycles. The smallest absolute Gasteiger partial charge is 0.200 e. The maximum absolute atomic E-state index is 13.3. The molecule has 5 nitrogen and oxygen atoms in total. The van der Waals surface area contributed by atoms with E-state index in [0.717, 1.165) is 0 Å². The predicted octanol–water partition coefficient (Wildman–Crippen LogP) is 6.67. The summed E-state index contributed by atoms with van der Waals surface area (Å²) in [6.07, 6.45) is 0. The molecule has 32 heavy (non-hydrogen) atoms. The van der Waals surface area contributed by atoms with Gasteiger partial charge in [-0.3, -0.25) is 4.79 Å². The summed E-state index contributed by atoms with van der Waals surface area (Å²) < 4.78 is 22.5. The van der Waals surface area contributed by atoms with Crippen molar-refractivity contribution in [3.63, 3.8) is 0 Å². The van der Waals surface area contributed by atoms with Crippen molar-refractivity contribution >= 4 is 34.2 Å². The van der Waals surface area contributed by atoms with Crippen LogP contribution in [-0.4, -0.2) is 14.2 Å². The molecule has 0 amide bonds. The molecule has 0 atom stereocenters. The Kier molecular flexibility index (Phi) is 6.31. The average Bonchev–Trinajstić information content (AvgIpc) is 2.78. The second kappa shape index (κ2) is 9.15. The lowest BCUT2D eigenvalue weighted by molar-refractivity contribution is 0.306. The highest BCUT2D eigenvalue weighted by Gasteiger charge is 2.16. The Morgan fingerprint density at radius 3 is 2.31 bits per heavy atom. The van der Waals surface area contributed by atoms with E-state index in [9.17, 15) is 4.79 Å². The third-order valence-corrected chi connectivity index (χ3v) is 5.87. The molecule has 1 aromatic heterocycles. The Morgan fingerprint density at radius 1 is 0.906 bits per heavy atom. The normalized spacial score (nSPS) is 10.9. The Morgan fingerprint density at radius 2 is 1.62 bits per heavy atom. The summed E-state index contributed by atoms with van der Waals surface area (Å²) in [6.45, 7) is 1.95. The van der Waals surface area contributed by atoms with Crippen molar-refractivity contribution in [3.05, 3.63) is 86.2 Å². The maximum Gasteiger partial charge on any atom is 0.200 e. The largest absolute Gasteiger partial charge is 0.493 e. The summed E-state index contributed by atoms with van der Waals surface area (Å²) in [6, 6.07) is 15.7. The Balaban J connectivity index is 1.70. The van der Waals surface area contributed by atoms with Crippen molar-refractivity contribution in [1.29, 1.82) is 0 Å². The molecule has 7 heteroatoms. The van der Waals surface area contributed by atoms with Gasteiger partial charge in [-0.2, -0.15) is 0 Å². The van der Waals surface area contributed by atoms with Crippen LogP contribution >= 0.6 is 23.2 Å². The van der Waals surface area contributed by atoms with E-state index in [4.69, 9.17) is 41.8 Å². The first kappa shape index (κ1) is 22.1. The SMILES string of the molecule is COc1ccc(-c2c(C)oc3cc(OCc4c(Cl)cccc4Cl)ccc3c2=O)cc1OC. The van der Waals surface area contributed by atoms with Gasteiger partial charge >= 0.3 is 0 Å². The van der Waals surface area contributed by atoms with E-state index in [0.29, 0.717) is 60.7 Å². The van der Waals surface area contributed by atoms with Crippen LogP contribution in [0.15, 0.2) is 63.8 Å². The average molecular weight is 471 g/mol. The van der Waals surface area contributed by atoms with E-state index in [-0.39, 0.29) is 12.0 Å². The molecular formula is C25H20Cl2O5. The molecular weight excluding hydrogens is 451 g/mol. The molecule has 0 radical (unpaired) electrons. The van der Waals surface area contributed by atoms with Crippen molar-refractivity contribution in [1.82, 2.24) is 0 Å². The zero-order valence-electron chi connectivity index (χ0n) is 17.7. The summed E-state index contributed by atoms with van der Waals surface area (Å²) in [5, 5.41) is 1.50. The van der Waals surface area contributed by atoms with Crippen LogP contribution in [0.4, 0.5) is 0 Å². The molecule has 3 aromatic carbocycles. The van der Waals surface area contributed by atoms with Gasteiger partial charge < -0.3 is 18.6 Å². The lowest BCUT2D eigenvalue weighted by atomic mass is 10.0. The van der Waals surface area contributed by atoms with E-state index in [2.05, 4.69) is 0 Å². The third kappa shape index (κ3) is 4.14. The number of aryl methyl sites for hydroxylation is 1. The van der Waals surface area contributed by atoms with Gasteiger partial charge in [0.1, 0.15) is 23.7 Å². The van der Waals surface area contributed by atoms with Crippen LogP contribution in [0.3, 0.4) is 0 Å². The number of fused-ring (bicyclic) bond motifs is 1. The van der Waals surface area contributed by atoms with Crippen molar-refractivity contribution in [2.24, 2.45) is 0 Å². The lowest BCUT2D eigenvalue weighted by Gasteiger charge is -2.12. The zero-order valence-corrected chi connectivity index (χ0v) is 19.2. The van der Waals surface area contributed by atoms with Gasteiger partial charge in [-0.05, 0) is 48.9 Å². The molecule has 164 valence electrons. The fourth-order valence-corrected chi connectivity index (χ4v) is 4.03. The first-order chi connectivity index (χ1) is 15.4. The minimum atomic E-state index is -0.142. The van der Waals surface area contributed by atoms with E-state index in [1.807, 2.05) is 0 Å². The highest BCUT2D eigenvalue weighted by Crippen LogP contribution is 2.34. The predicted molar refractivity (Wildman–Crippen MR) is 127 cm³/mol. The molecule has 0 bridgehead atoms. The van der Waals surface area contributed by atoms with Gasteiger partial charge in [-0.1, -0.05) is 35.3 Å². The van der Waals surface area contributed by atoms with Crippen molar-refractivity contribution in [2.45, 2.75) is 13.5 Å². The van der Waals surface area contributed by atoms with Crippen molar-refractivity contribution < 1.29 is 18.6 Å². The fraction of sp³-hybridized carbons (Fsp3) is 0.160. The van der Waals surface area contributed by atoms with Crippen LogP contribution in [0, 0.1) is 6.92 Å². The standard InChI is InChI=1S/C25H20Cl2O5/c1-14-24(15-7-10-21(29-2)23(11-15)30-3)25(28)17-9-8-16(12-22(17)32-14)31-13-18-19(26)5-4-6-20(18)27/h4-12H,13H2,1-3H3. The van der Waals surface area contributed by atoms with Crippen LogP contribution in [0.25, 0.3) is 22.1 Å². The van der Waals surface area contributed by atoms with Crippen LogP contribution in [0.2, 0.25) is 10.0 Å². The molecule has 0 aliphatic heterocycles. The number of rotatable bonds is 6. The van der Waals surface area contributed by atoms with Crippen molar-refractivity contribution in [3.8, 4) is 28.4 Å². The second-order valence-corrected chi connectivity index (χ2v) is 7.89. The van der Waals surface area contributed by atoms with Gasteiger partial charge in [0.05, 0.1) is 25.2 Å². The first-order valence-corrected chi connectivity index (χ1v) is 10.5. The second-order valence-electron chi connectivity index (χ2n) is 7.08. The monoisotopic (exact) mass is 470 g/mol. The molecule has 0 aliphatic carbocycles. The first-order valence-electron chi connectivity index (χ1n) is 9.78. The van der Waals surface area contributed by atoms with Gasteiger partial charge in [-0.25, -0.2) is 0 Å². The summed E-state index contributed by atoms with van der Waals surface area (Å²) in [7, 11) is 3.11.